The molecule has 0 amide bonds. The Morgan fingerprint density at radius 2 is 1.29 bits per heavy atom. The van der Waals surface area contributed by atoms with Crippen LogP contribution < -0.4 is 0 Å². The van der Waals surface area contributed by atoms with E-state index in [2.05, 4.69) is 4.74 Å². The first-order valence-electron chi connectivity index (χ1n) is 6.37. The van der Waals surface area contributed by atoms with Crippen molar-refractivity contribution in [2.24, 2.45) is 0 Å². The lowest BCUT2D eigenvalue weighted by Gasteiger charge is -2.09. The molecule has 2 N–H and O–H groups in total. The number of hydrogen-bond donors (Lipinski definition) is 2. The Hall–Kier alpha value is -2.01. The molecule has 1 atom stereocenters. The SMILES string of the molecule is CO.COC.O=C(c1ccccc1)C(O)c1ccccc1. The number of carbonyl (C=O) groups is 1. The van der Waals surface area contributed by atoms with Gasteiger partial charge in [0.15, 0.2) is 5.78 Å². The monoisotopic (exact) mass is 290 g/mol. The van der Waals surface area contributed by atoms with Crippen LogP contribution in [0.15, 0.2) is 60.7 Å². The molecule has 0 saturated carbocycles. The number of aliphatic hydroxyl groups excluding tert-OH is 2. The first-order chi connectivity index (χ1) is 10.2. The number of hydrogen-bond acceptors (Lipinski definition) is 4. The summed E-state index contributed by atoms with van der Waals surface area (Å²) in [5.74, 6) is -0.271. The summed E-state index contributed by atoms with van der Waals surface area (Å²) in [5.41, 5.74) is 1.15. The van der Waals surface area contributed by atoms with Crippen LogP contribution in [-0.2, 0) is 4.74 Å². The van der Waals surface area contributed by atoms with Crippen molar-refractivity contribution in [2.75, 3.05) is 21.3 Å². The minimum Gasteiger partial charge on any atom is -0.400 e. The van der Waals surface area contributed by atoms with Crippen molar-refractivity contribution >= 4 is 5.78 Å². The fraction of sp³-hybridized carbons (Fsp3) is 0.235. The van der Waals surface area contributed by atoms with Crippen molar-refractivity contribution in [1.82, 2.24) is 0 Å². The Morgan fingerprint density at radius 3 is 1.71 bits per heavy atom. The maximum Gasteiger partial charge on any atom is 0.195 e. The maximum absolute atomic E-state index is 11.9. The van der Waals surface area contributed by atoms with Gasteiger partial charge in [-0.25, -0.2) is 0 Å². The molecule has 21 heavy (non-hydrogen) atoms. The highest BCUT2D eigenvalue weighted by Gasteiger charge is 2.18. The quantitative estimate of drug-likeness (QED) is 0.852. The molecule has 4 nitrogen and oxygen atoms in total. The van der Waals surface area contributed by atoms with Gasteiger partial charge in [0, 0.05) is 26.9 Å². The Bertz CT molecular complexity index is 483. The van der Waals surface area contributed by atoms with E-state index in [1.807, 2.05) is 12.1 Å². The molecule has 0 radical (unpaired) electrons. The van der Waals surface area contributed by atoms with Crippen molar-refractivity contribution < 1.29 is 19.7 Å². The molecule has 0 saturated heterocycles. The highest BCUT2D eigenvalue weighted by Crippen LogP contribution is 2.17. The van der Waals surface area contributed by atoms with Gasteiger partial charge in [0.05, 0.1) is 0 Å². The zero-order valence-electron chi connectivity index (χ0n) is 12.6. The molecule has 114 valence electrons. The Labute approximate surface area is 125 Å². The standard InChI is InChI=1S/C14H12O2.C2H6O.CH4O/c15-13(11-7-3-1-4-8-11)14(16)12-9-5-2-6-10-12;1-3-2;1-2/h1-10,13,15H;1-2H3;2H,1H3. The largest absolute Gasteiger partial charge is 0.400 e. The van der Waals surface area contributed by atoms with Crippen molar-refractivity contribution in [3.63, 3.8) is 0 Å². The maximum atomic E-state index is 11.9. The molecule has 0 aliphatic rings. The highest BCUT2D eigenvalue weighted by molar-refractivity contribution is 5.99. The molecular weight excluding hydrogens is 268 g/mol. The number of carbonyl (C=O) groups excluding carboxylic acids is 1. The van der Waals surface area contributed by atoms with E-state index in [-0.39, 0.29) is 5.78 Å². The molecule has 2 aromatic carbocycles. The van der Waals surface area contributed by atoms with Gasteiger partial charge in [0.1, 0.15) is 6.10 Å². The second kappa shape index (κ2) is 11.8. The number of aliphatic hydroxyl groups is 2. The average Bonchev–Trinajstić information content (AvgIpc) is 2.58. The number of methoxy groups -OCH3 is 1. The molecule has 0 fully saturated rings. The first kappa shape index (κ1) is 19.0. The van der Waals surface area contributed by atoms with Crippen molar-refractivity contribution in [3.05, 3.63) is 71.8 Å². The normalized spacial score (nSPS) is 10.3. The van der Waals surface area contributed by atoms with Crippen LogP contribution in [0, 0.1) is 0 Å². The predicted molar refractivity (Wildman–Crippen MR) is 83.3 cm³/mol. The lowest BCUT2D eigenvalue weighted by atomic mass is 10.0. The average molecular weight is 290 g/mol. The number of rotatable bonds is 3. The van der Waals surface area contributed by atoms with E-state index < -0.39 is 6.10 Å². The number of benzene rings is 2. The van der Waals surface area contributed by atoms with Gasteiger partial charge >= 0.3 is 0 Å². The van der Waals surface area contributed by atoms with E-state index in [9.17, 15) is 9.90 Å². The van der Waals surface area contributed by atoms with Crippen LogP contribution >= 0.6 is 0 Å². The Balaban J connectivity index is 0.000000713. The molecule has 0 aromatic heterocycles. The van der Waals surface area contributed by atoms with Gasteiger partial charge in [-0.2, -0.15) is 0 Å². The summed E-state index contributed by atoms with van der Waals surface area (Å²) in [7, 11) is 4.25. The molecular formula is C17H22O4. The van der Waals surface area contributed by atoms with Gasteiger partial charge in [-0.1, -0.05) is 60.7 Å². The summed E-state index contributed by atoms with van der Waals surface area (Å²) < 4.78 is 4.25. The van der Waals surface area contributed by atoms with Crippen molar-refractivity contribution in [2.45, 2.75) is 6.10 Å². The van der Waals surface area contributed by atoms with Crippen LogP contribution in [0.4, 0.5) is 0 Å². The third kappa shape index (κ3) is 6.81. The van der Waals surface area contributed by atoms with Crippen LogP contribution in [0.1, 0.15) is 22.0 Å². The van der Waals surface area contributed by atoms with Crippen LogP contribution in [0.5, 0.6) is 0 Å². The van der Waals surface area contributed by atoms with Crippen molar-refractivity contribution in [1.29, 1.82) is 0 Å². The second-order valence-corrected chi connectivity index (χ2v) is 3.95. The molecule has 0 aliphatic heterocycles. The Morgan fingerprint density at radius 1 is 0.905 bits per heavy atom. The zero-order chi connectivity index (χ0) is 16.1. The Kier molecular flexibility index (Phi) is 10.7. The molecule has 0 spiro atoms. The highest BCUT2D eigenvalue weighted by atomic mass is 16.4. The molecule has 2 aromatic rings. The number of Topliss-reactive ketones (excluding diaryl/α,β-unsaturated/α-hetero) is 1. The van der Waals surface area contributed by atoms with Crippen LogP contribution in [0.2, 0.25) is 0 Å². The smallest absolute Gasteiger partial charge is 0.195 e. The molecule has 0 aliphatic carbocycles. The van der Waals surface area contributed by atoms with E-state index in [0.717, 1.165) is 7.11 Å². The third-order valence-electron chi connectivity index (χ3n) is 2.42. The topological polar surface area (TPSA) is 66.8 Å². The van der Waals surface area contributed by atoms with Crippen LogP contribution in [-0.4, -0.2) is 37.3 Å². The third-order valence-corrected chi connectivity index (χ3v) is 2.42. The fourth-order valence-electron chi connectivity index (χ4n) is 1.55. The molecule has 4 heteroatoms. The summed E-state index contributed by atoms with van der Waals surface area (Å²) >= 11 is 0. The van der Waals surface area contributed by atoms with Gasteiger partial charge in [-0.05, 0) is 5.56 Å². The molecule has 1 unspecified atom stereocenters. The van der Waals surface area contributed by atoms with E-state index in [0.29, 0.717) is 11.1 Å². The fourth-order valence-corrected chi connectivity index (χ4v) is 1.55. The lowest BCUT2D eigenvalue weighted by molar-refractivity contribution is 0.0747. The summed E-state index contributed by atoms with van der Waals surface area (Å²) in [5, 5.41) is 16.9. The van der Waals surface area contributed by atoms with Gasteiger partial charge in [-0.3, -0.25) is 4.79 Å². The lowest BCUT2D eigenvalue weighted by Crippen LogP contribution is -2.11. The summed E-state index contributed by atoms with van der Waals surface area (Å²) in [4.78, 5) is 11.9. The van der Waals surface area contributed by atoms with Crippen molar-refractivity contribution in [3.8, 4) is 0 Å². The molecule has 0 heterocycles. The van der Waals surface area contributed by atoms with Gasteiger partial charge in [-0.15, -0.1) is 0 Å². The zero-order valence-corrected chi connectivity index (χ0v) is 12.6. The second-order valence-electron chi connectivity index (χ2n) is 3.95. The van der Waals surface area contributed by atoms with Gasteiger partial charge in [0.2, 0.25) is 0 Å². The first-order valence-corrected chi connectivity index (χ1v) is 6.37. The van der Waals surface area contributed by atoms with E-state index >= 15 is 0 Å². The predicted octanol–water partition coefficient (Wildman–Crippen LogP) is 2.47. The number of ether oxygens (including phenoxy) is 1. The minimum atomic E-state index is -1.08. The summed E-state index contributed by atoms with van der Waals surface area (Å²) in [6.07, 6.45) is -1.08. The minimum absolute atomic E-state index is 0.271. The van der Waals surface area contributed by atoms with Gasteiger partial charge in [0.25, 0.3) is 0 Å². The van der Waals surface area contributed by atoms with Crippen LogP contribution in [0.25, 0.3) is 0 Å². The summed E-state index contributed by atoms with van der Waals surface area (Å²) in [6.45, 7) is 0. The van der Waals surface area contributed by atoms with Gasteiger partial charge < -0.3 is 14.9 Å². The summed E-state index contributed by atoms with van der Waals surface area (Å²) in [6, 6.07) is 17.7. The van der Waals surface area contributed by atoms with Crippen LogP contribution in [0.3, 0.4) is 0 Å². The molecule has 2 rings (SSSR count). The van der Waals surface area contributed by atoms with E-state index in [1.165, 1.54) is 0 Å². The van der Waals surface area contributed by atoms with E-state index in [4.69, 9.17) is 5.11 Å². The molecule has 0 bridgehead atoms. The number of ketones is 1. The van der Waals surface area contributed by atoms with E-state index in [1.54, 1.807) is 62.8 Å².